The minimum Gasteiger partial charge on any atom is -0.327 e. The predicted molar refractivity (Wildman–Crippen MR) is 82.2 cm³/mol. The fraction of sp³-hybridized carbons (Fsp3) is 0.412. The molecule has 120 valence electrons. The Balaban J connectivity index is 2.37. The Morgan fingerprint density at radius 3 is 2.23 bits per heavy atom. The van der Waals surface area contributed by atoms with E-state index in [4.69, 9.17) is 5.73 Å². The standard InChI is InChI=1S/C17H21F3N2/c1-4-15(21)10-13-9-11(2)22(12(13)3)16-7-5-14(6-8-16)17(18,19)20/h5-9,15H,4,10,21H2,1-3H3. The highest BCUT2D eigenvalue weighted by atomic mass is 19.4. The van der Waals surface area contributed by atoms with Crippen LogP contribution in [-0.4, -0.2) is 10.6 Å². The molecule has 1 aromatic heterocycles. The molecule has 0 fully saturated rings. The van der Waals surface area contributed by atoms with Gasteiger partial charge < -0.3 is 10.3 Å². The van der Waals surface area contributed by atoms with Gasteiger partial charge >= 0.3 is 6.18 Å². The summed E-state index contributed by atoms with van der Waals surface area (Å²) in [6, 6.07) is 7.40. The summed E-state index contributed by atoms with van der Waals surface area (Å²) in [7, 11) is 0. The zero-order chi connectivity index (χ0) is 16.5. The van der Waals surface area contributed by atoms with Gasteiger partial charge in [-0.2, -0.15) is 13.2 Å². The van der Waals surface area contributed by atoms with Gasteiger partial charge in [0.1, 0.15) is 0 Å². The lowest BCUT2D eigenvalue weighted by molar-refractivity contribution is -0.137. The van der Waals surface area contributed by atoms with E-state index in [0.717, 1.165) is 47.6 Å². The van der Waals surface area contributed by atoms with Crippen molar-refractivity contribution in [3.8, 4) is 5.69 Å². The van der Waals surface area contributed by atoms with Crippen molar-refractivity contribution in [1.29, 1.82) is 0 Å². The summed E-state index contributed by atoms with van der Waals surface area (Å²) in [5, 5.41) is 0. The zero-order valence-corrected chi connectivity index (χ0v) is 13.0. The quantitative estimate of drug-likeness (QED) is 0.892. The van der Waals surface area contributed by atoms with E-state index in [1.54, 1.807) is 0 Å². The van der Waals surface area contributed by atoms with Crippen LogP contribution in [0.15, 0.2) is 30.3 Å². The maximum absolute atomic E-state index is 12.6. The maximum atomic E-state index is 12.6. The summed E-state index contributed by atoms with van der Waals surface area (Å²) in [4.78, 5) is 0. The van der Waals surface area contributed by atoms with Crippen LogP contribution in [0.1, 0.15) is 35.9 Å². The van der Waals surface area contributed by atoms with E-state index in [1.807, 2.05) is 25.3 Å². The predicted octanol–water partition coefficient (Wildman–Crippen LogP) is 4.39. The van der Waals surface area contributed by atoms with E-state index in [0.29, 0.717) is 0 Å². The molecule has 0 aliphatic rings. The Morgan fingerprint density at radius 2 is 1.73 bits per heavy atom. The molecule has 0 aliphatic carbocycles. The highest BCUT2D eigenvalue weighted by Gasteiger charge is 2.30. The molecule has 0 saturated heterocycles. The van der Waals surface area contributed by atoms with Gasteiger partial charge in [0.25, 0.3) is 0 Å². The van der Waals surface area contributed by atoms with Crippen LogP contribution in [0.25, 0.3) is 5.69 Å². The van der Waals surface area contributed by atoms with Gasteiger partial charge in [-0.1, -0.05) is 6.92 Å². The second-order valence-electron chi connectivity index (χ2n) is 5.65. The van der Waals surface area contributed by atoms with Crippen LogP contribution in [-0.2, 0) is 12.6 Å². The van der Waals surface area contributed by atoms with Gasteiger partial charge in [0.15, 0.2) is 0 Å². The van der Waals surface area contributed by atoms with Crippen LogP contribution in [0.3, 0.4) is 0 Å². The van der Waals surface area contributed by atoms with Gasteiger partial charge in [-0.15, -0.1) is 0 Å². The average molecular weight is 310 g/mol. The van der Waals surface area contributed by atoms with Crippen molar-refractivity contribution in [2.24, 2.45) is 5.73 Å². The van der Waals surface area contributed by atoms with Gasteiger partial charge in [-0.05, 0) is 62.6 Å². The number of aromatic nitrogens is 1. The number of nitrogens with two attached hydrogens (primary N) is 1. The highest BCUT2D eigenvalue weighted by Crippen LogP contribution is 2.30. The summed E-state index contributed by atoms with van der Waals surface area (Å²) in [6.07, 6.45) is -2.64. The van der Waals surface area contributed by atoms with Crippen LogP contribution >= 0.6 is 0 Å². The van der Waals surface area contributed by atoms with Crippen LogP contribution in [0, 0.1) is 13.8 Å². The Labute approximate surface area is 128 Å². The molecule has 2 N–H and O–H groups in total. The minimum absolute atomic E-state index is 0.0987. The zero-order valence-electron chi connectivity index (χ0n) is 13.0. The SMILES string of the molecule is CCC(N)Cc1cc(C)n(-c2ccc(C(F)(F)F)cc2)c1C. The number of halogens is 3. The first kappa shape index (κ1) is 16.6. The van der Waals surface area contributed by atoms with E-state index in [1.165, 1.54) is 12.1 Å². The van der Waals surface area contributed by atoms with E-state index < -0.39 is 11.7 Å². The number of hydrogen-bond donors (Lipinski definition) is 1. The fourth-order valence-electron chi connectivity index (χ4n) is 2.66. The largest absolute Gasteiger partial charge is 0.416 e. The molecule has 1 unspecified atom stereocenters. The topological polar surface area (TPSA) is 30.9 Å². The van der Waals surface area contributed by atoms with E-state index in [-0.39, 0.29) is 6.04 Å². The monoisotopic (exact) mass is 310 g/mol. The maximum Gasteiger partial charge on any atom is 0.416 e. The van der Waals surface area contributed by atoms with Crippen LogP contribution in [0.2, 0.25) is 0 Å². The summed E-state index contributed by atoms with van der Waals surface area (Å²) < 4.78 is 39.9. The molecule has 2 aromatic rings. The first-order chi connectivity index (χ1) is 10.2. The van der Waals surface area contributed by atoms with Gasteiger partial charge in [-0.25, -0.2) is 0 Å². The number of nitrogens with zero attached hydrogens (tertiary/aromatic N) is 1. The average Bonchev–Trinajstić information content (AvgIpc) is 2.72. The Bertz CT molecular complexity index is 639. The van der Waals surface area contributed by atoms with Crippen molar-refractivity contribution >= 4 is 0 Å². The molecule has 0 saturated carbocycles. The van der Waals surface area contributed by atoms with Gasteiger partial charge in [0, 0.05) is 23.1 Å². The minimum atomic E-state index is -4.31. The lowest BCUT2D eigenvalue weighted by Gasteiger charge is -2.13. The van der Waals surface area contributed by atoms with Crippen LogP contribution < -0.4 is 5.73 Å². The fourth-order valence-corrected chi connectivity index (χ4v) is 2.66. The Kier molecular flexibility index (Phi) is 4.66. The van der Waals surface area contributed by atoms with Gasteiger partial charge in [0.05, 0.1) is 5.56 Å². The smallest absolute Gasteiger partial charge is 0.327 e. The third-order valence-electron chi connectivity index (χ3n) is 4.00. The third kappa shape index (κ3) is 3.35. The Morgan fingerprint density at radius 1 is 1.14 bits per heavy atom. The molecule has 0 aliphatic heterocycles. The lowest BCUT2D eigenvalue weighted by atomic mass is 10.1. The molecular formula is C17H21F3N2. The van der Waals surface area contributed by atoms with E-state index >= 15 is 0 Å². The van der Waals surface area contributed by atoms with Crippen molar-refractivity contribution in [2.45, 2.75) is 45.8 Å². The molecule has 5 heteroatoms. The summed E-state index contributed by atoms with van der Waals surface area (Å²) in [5.74, 6) is 0. The van der Waals surface area contributed by atoms with Gasteiger partial charge in [0.2, 0.25) is 0 Å². The second-order valence-corrected chi connectivity index (χ2v) is 5.65. The summed E-state index contributed by atoms with van der Waals surface area (Å²) in [6.45, 7) is 5.97. The molecule has 0 bridgehead atoms. The van der Waals surface area contributed by atoms with E-state index in [2.05, 4.69) is 6.07 Å². The lowest BCUT2D eigenvalue weighted by Crippen LogP contribution is -2.21. The van der Waals surface area contributed by atoms with Crippen molar-refractivity contribution in [3.63, 3.8) is 0 Å². The number of aryl methyl sites for hydroxylation is 1. The number of benzene rings is 1. The summed E-state index contributed by atoms with van der Waals surface area (Å²) in [5.41, 5.74) is 9.28. The van der Waals surface area contributed by atoms with Crippen molar-refractivity contribution in [2.75, 3.05) is 0 Å². The van der Waals surface area contributed by atoms with Crippen molar-refractivity contribution < 1.29 is 13.2 Å². The first-order valence-electron chi connectivity index (χ1n) is 7.35. The number of rotatable bonds is 4. The van der Waals surface area contributed by atoms with Crippen LogP contribution in [0.4, 0.5) is 13.2 Å². The number of hydrogen-bond acceptors (Lipinski definition) is 1. The second kappa shape index (κ2) is 6.16. The van der Waals surface area contributed by atoms with E-state index in [9.17, 15) is 13.2 Å². The van der Waals surface area contributed by atoms with Crippen molar-refractivity contribution in [1.82, 2.24) is 4.57 Å². The molecular weight excluding hydrogens is 289 g/mol. The third-order valence-corrected chi connectivity index (χ3v) is 4.00. The molecule has 0 radical (unpaired) electrons. The Hall–Kier alpha value is -1.75. The highest BCUT2D eigenvalue weighted by molar-refractivity contribution is 5.43. The normalized spacial score (nSPS) is 13.4. The van der Waals surface area contributed by atoms with Gasteiger partial charge in [-0.3, -0.25) is 0 Å². The molecule has 2 rings (SSSR count). The van der Waals surface area contributed by atoms with Crippen LogP contribution in [0.5, 0.6) is 0 Å². The molecule has 1 heterocycles. The number of alkyl halides is 3. The summed E-state index contributed by atoms with van der Waals surface area (Å²) >= 11 is 0. The molecule has 0 spiro atoms. The molecule has 22 heavy (non-hydrogen) atoms. The molecule has 2 nitrogen and oxygen atoms in total. The molecule has 1 atom stereocenters. The molecule has 1 aromatic carbocycles. The molecule has 0 amide bonds. The first-order valence-corrected chi connectivity index (χ1v) is 7.35. The van der Waals surface area contributed by atoms with Crippen molar-refractivity contribution in [3.05, 3.63) is 52.8 Å².